The quantitative estimate of drug-likeness (QED) is 0.651. The molecule has 3 nitrogen and oxygen atoms in total. The number of alkyl halides is 6. The van der Waals surface area contributed by atoms with Gasteiger partial charge in [0.15, 0.2) is 0 Å². The Labute approximate surface area is 157 Å². The molecule has 0 unspecified atom stereocenters. The highest BCUT2D eigenvalue weighted by Crippen LogP contribution is 2.36. The van der Waals surface area contributed by atoms with Gasteiger partial charge in [0.25, 0.3) is 0 Å². The van der Waals surface area contributed by atoms with E-state index in [9.17, 15) is 26.3 Å². The minimum absolute atomic E-state index is 0.102. The van der Waals surface area contributed by atoms with Gasteiger partial charge in [0.1, 0.15) is 0 Å². The van der Waals surface area contributed by atoms with Crippen LogP contribution < -0.4 is 0 Å². The van der Waals surface area contributed by atoms with E-state index >= 15 is 0 Å². The van der Waals surface area contributed by atoms with E-state index in [2.05, 4.69) is 0 Å². The summed E-state index contributed by atoms with van der Waals surface area (Å²) in [4.78, 5) is 5.59. The highest BCUT2D eigenvalue weighted by Gasteiger charge is 2.37. The second-order valence-corrected chi connectivity index (χ2v) is 6.33. The van der Waals surface area contributed by atoms with Gasteiger partial charge >= 0.3 is 12.4 Å². The summed E-state index contributed by atoms with van der Waals surface area (Å²) in [5, 5.41) is 1.53. The number of rotatable bonds is 4. The van der Waals surface area contributed by atoms with Crippen molar-refractivity contribution in [2.24, 2.45) is 0 Å². The molecule has 1 atom stereocenters. The molecule has 0 bridgehead atoms. The number of benzene rings is 2. The SMILES string of the molecule is FC(F)(F)c1cc(CON2CCOC[C@@H]2c2ccccc2)cc(C(F)(F)F)c1. The minimum atomic E-state index is -4.89. The summed E-state index contributed by atoms with van der Waals surface area (Å²) in [6.07, 6.45) is -9.77. The Bertz CT molecular complexity index is 759. The standard InChI is InChI=1S/C19H17F6NO2/c20-18(21,22)15-8-13(9-16(10-15)19(23,24)25)11-28-26-6-7-27-12-17(26)14-4-2-1-3-5-14/h1-5,8-10,17H,6-7,11-12H2/t17-/m1/s1. The van der Waals surface area contributed by atoms with Crippen LogP contribution in [0.25, 0.3) is 0 Å². The Hall–Kier alpha value is -2.10. The first-order valence-electron chi connectivity index (χ1n) is 8.45. The number of ether oxygens (including phenoxy) is 1. The molecule has 0 N–H and O–H groups in total. The maximum Gasteiger partial charge on any atom is 0.416 e. The molecule has 1 aliphatic rings. The summed E-state index contributed by atoms with van der Waals surface area (Å²) in [5.41, 5.74) is -2.05. The maximum atomic E-state index is 13.0. The fraction of sp³-hybridized carbons (Fsp3) is 0.368. The molecule has 1 aliphatic heterocycles. The topological polar surface area (TPSA) is 21.7 Å². The van der Waals surface area contributed by atoms with Crippen LogP contribution in [0.3, 0.4) is 0 Å². The van der Waals surface area contributed by atoms with Gasteiger partial charge < -0.3 is 4.74 Å². The zero-order chi connectivity index (χ0) is 20.4. The number of hydrogen-bond donors (Lipinski definition) is 0. The molecule has 152 valence electrons. The summed E-state index contributed by atoms with van der Waals surface area (Å²) >= 11 is 0. The van der Waals surface area contributed by atoms with E-state index in [0.717, 1.165) is 5.56 Å². The molecule has 3 rings (SSSR count). The molecule has 1 heterocycles. The first-order valence-corrected chi connectivity index (χ1v) is 8.45. The van der Waals surface area contributed by atoms with Crippen LogP contribution in [0.5, 0.6) is 0 Å². The highest BCUT2D eigenvalue weighted by molar-refractivity contribution is 5.33. The van der Waals surface area contributed by atoms with Crippen LogP contribution in [0.2, 0.25) is 0 Å². The Balaban J connectivity index is 1.81. The third kappa shape index (κ3) is 5.03. The first-order chi connectivity index (χ1) is 13.1. The Morgan fingerprint density at radius 3 is 2.11 bits per heavy atom. The fourth-order valence-electron chi connectivity index (χ4n) is 2.94. The average Bonchev–Trinajstić information content (AvgIpc) is 2.66. The van der Waals surface area contributed by atoms with Crippen LogP contribution in [-0.2, 0) is 28.5 Å². The first kappa shape index (κ1) is 20.6. The summed E-state index contributed by atoms with van der Waals surface area (Å²) in [6, 6.07) is 10.3. The lowest BCUT2D eigenvalue weighted by molar-refractivity contribution is -0.235. The molecular formula is C19H17F6NO2. The summed E-state index contributed by atoms with van der Waals surface area (Å²) < 4.78 is 83.3. The summed E-state index contributed by atoms with van der Waals surface area (Å²) in [5.74, 6) is 0. The lowest BCUT2D eigenvalue weighted by Crippen LogP contribution is -2.39. The van der Waals surface area contributed by atoms with Crippen molar-refractivity contribution in [3.8, 4) is 0 Å². The van der Waals surface area contributed by atoms with E-state index in [-0.39, 0.29) is 17.7 Å². The lowest BCUT2D eigenvalue weighted by atomic mass is 10.1. The predicted octanol–water partition coefficient (Wildman–Crippen LogP) is 5.23. The van der Waals surface area contributed by atoms with E-state index in [1.54, 1.807) is 0 Å². The Kier molecular flexibility index (Phi) is 5.97. The number of hydroxylamine groups is 2. The number of halogens is 6. The molecule has 0 radical (unpaired) electrons. The monoisotopic (exact) mass is 405 g/mol. The molecule has 0 aliphatic carbocycles. The fourth-order valence-corrected chi connectivity index (χ4v) is 2.94. The highest BCUT2D eigenvalue weighted by atomic mass is 19.4. The second-order valence-electron chi connectivity index (χ2n) is 6.33. The third-order valence-corrected chi connectivity index (χ3v) is 4.31. The van der Waals surface area contributed by atoms with Crippen molar-refractivity contribution in [2.45, 2.75) is 25.0 Å². The summed E-state index contributed by atoms with van der Waals surface area (Å²) in [6.45, 7) is 0.571. The number of hydrogen-bond acceptors (Lipinski definition) is 3. The van der Waals surface area contributed by atoms with Gasteiger partial charge in [0.05, 0.1) is 37.0 Å². The normalized spacial score (nSPS) is 19.0. The van der Waals surface area contributed by atoms with Gasteiger partial charge in [-0.1, -0.05) is 30.3 Å². The predicted molar refractivity (Wildman–Crippen MR) is 87.9 cm³/mol. The van der Waals surface area contributed by atoms with Crippen molar-refractivity contribution < 1.29 is 35.9 Å². The van der Waals surface area contributed by atoms with E-state index < -0.39 is 30.1 Å². The van der Waals surface area contributed by atoms with Gasteiger partial charge in [-0.05, 0) is 29.3 Å². The molecule has 28 heavy (non-hydrogen) atoms. The smallest absolute Gasteiger partial charge is 0.378 e. The van der Waals surface area contributed by atoms with Crippen LogP contribution >= 0.6 is 0 Å². The van der Waals surface area contributed by atoms with Gasteiger partial charge in [0, 0.05) is 6.54 Å². The van der Waals surface area contributed by atoms with Crippen LogP contribution in [0.1, 0.15) is 28.3 Å². The maximum absolute atomic E-state index is 13.0. The second kappa shape index (κ2) is 8.10. The van der Waals surface area contributed by atoms with Gasteiger partial charge in [-0.3, -0.25) is 4.84 Å². The van der Waals surface area contributed by atoms with E-state index in [1.165, 1.54) is 5.06 Å². The molecule has 2 aromatic rings. The van der Waals surface area contributed by atoms with Gasteiger partial charge in [-0.15, -0.1) is 0 Å². The van der Waals surface area contributed by atoms with E-state index in [4.69, 9.17) is 9.57 Å². The zero-order valence-corrected chi connectivity index (χ0v) is 14.6. The van der Waals surface area contributed by atoms with Crippen molar-refractivity contribution in [1.82, 2.24) is 5.06 Å². The molecule has 0 amide bonds. The Morgan fingerprint density at radius 1 is 0.929 bits per heavy atom. The largest absolute Gasteiger partial charge is 0.416 e. The lowest BCUT2D eigenvalue weighted by Gasteiger charge is -2.34. The number of morpholine rings is 1. The molecule has 9 heteroatoms. The number of nitrogens with zero attached hydrogens (tertiary/aromatic N) is 1. The van der Waals surface area contributed by atoms with Gasteiger partial charge in [-0.2, -0.15) is 31.4 Å². The molecule has 1 saturated heterocycles. The third-order valence-electron chi connectivity index (χ3n) is 4.31. The van der Waals surface area contributed by atoms with E-state index in [1.807, 2.05) is 30.3 Å². The van der Waals surface area contributed by atoms with Crippen LogP contribution in [-0.4, -0.2) is 24.8 Å². The van der Waals surface area contributed by atoms with Crippen molar-refractivity contribution >= 4 is 0 Å². The van der Waals surface area contributed by atoms with E-state index in [0.29, 0.717) is 31.9 Å². The molecule has 0 spiro atoms. The van der Waals surface area contributed by atoms with Crippen LogP contribution in [0, 0.1) is 0 Å². The van der Waals surface area contributed by atoms with Crippen LogP contribution in [0.15, 0.2) is 48.5 Å². The molecule has 2 aromatic carbocycles. The molecular weight excluding hydrogens is 388 g/mol. The Morgan fingerprint density at radius 2 is 1.54 bits per heavy atom. The molecule has 0 aromatic heterocycles. The molecule has 1 fully saturated rings. The zero-order valence-electron chi connectivity index (χ0n) is 14.6. The van der Waals surface area contributed by atoms with Crippen LogP contribution in [0.4, 0.5) is 26.3 Å². The summed E-state index contributed by atoms with van der Waals surface area (Å²) in [7, 11) is 0. The molecule has 0 saturated carbocycles. The van der Waals surface area contributed by atoms with Crippen molar-refractivity contribution in [3.63, 3.8) is 0 Å². The van der Waals surface area contributed by atoms with Crippen molar-refractivity contribution in [2.75, 3.05) is 19.8 Å². The van der Waals surface area contributed by atoms with Crippen molar-refractivity contribution in [3.05, 3.63) is 70.8 Å². The van der Waals surface area contributed by atoms with Gasteiger partial charge in [0.2, 0.25) is 0 Å². The van der Waals surface area contributed by atoms with Gasteiger partial charge in [-0.25, -0.2) is 0 Å². The average molecular weight is 405 g/mol. The minimum Gasteiger partial charge on any atom is -0.378 e. The van der Waals surface area contributed by atoms with Crippen molar-refractivity contribution in [1.29, 1.82) is 0 Å².